The molecule has 4 atom stereocenters. The van der Waals surface area contributed by atoms with Crippen LogP contribution >= 0.6 is 0 Å². The van der Waals surface area contributed by atoms with Gasteiger partial charge in [-0.1, -0.05) is 6.92 Å². The molecule has 0 aliphatic carbocycles. The molecule has 0 bridgehead atoms. The Morgan fingerprint density at radius 3 is 2.41 bits per heavy atom. The normalized spacial score (nSPS) is 20.8. The predicted molar refractivity (Wildman–Crippen MR) is 175 cm³/mol. The maximum atomic E-state index is 14.3. The Kier molecular flexibility index (Phi) is 13.0. The van der Waals surface area contributed by atoms with Gasteiger partial charge in [-0.25, -0.2) is 4.79 Å². The summed E-state index contributed by atoms with van der Waals surface area (Å²) in [4.78, 5) is 42.5. The first-order chi connectivity index (χ1) is 23.2. The highest BCUT2D eigenvalue weighted by atomic mass is 19.4. The third-order valence-corrected chi connectivity index (χ3v) is 8.44. The van der Waals surface area contributed by atoms with Gasteiger partial charge < -0.3 is 44.5 Å². The molecule has 0 saturated heterocycles. The van der Waals surface area contributed by atoms with E-state index in [2.05, 4.69) is 10.6 Å². The van der Waals surface area contributed by atoms with Crippen molar-refractivity contribution in [3.63, 3.8) is 0 Å². The van der Waals surface area contributed by atoms with Crippen molar-refractivity contribution >= 4 is 29.2 Å². The smallest absolute Gasteiger partial charge is 0.389 e. The summed E-state index contributed by atoms with van der Waals surface area (Å²) in [7, 11) is 1.44. The molecule has 12 nitrogen and oxygen atoms in total. The number of likely N-dealkylation sites (N-methyl/N-ethyl adjacent to an activating group) is 1. The average Bonchev–Trinajstić information content (AvgIpc) is 3.52. The maximum Gasteiger partial charge on any atom is 0.389 e. The van der Waals surface area contributed by atoms with E-state index in [1.807, 2.05) is 13.8 Å². The molecular weight excluding hydrogens is 649 g/mol. The summed E-state index contributed by atoms with van der Waals surface area (Å²) in [5.41, 5.74) is 0.941. The Balaban J connectivity index is 1.56. The first kappa shape index (κ1) is 37.6. The highest BCUT2D eigenvalue weighted by Crippen LogP contribution is 2.34. The second-order valence-corrected chi connectivity index (χ2v) is 12.5. The fraction of sp³-hybridized carbons (Fsp3) is 0.559. The Morgan fingerprint density at radius 1 is 1.04 bits per heavy atom. The summed E-state index contributed by atoms with van der Waals surface area (Å²) in [5.74, 6) is -0.147. The molecule has 0 unspecified atom stereocenters. The van der Waals surface area contributed by atoms with E-state index in [4.69, 9.17) is 18.9 Å². The van der Waals surface area contributed by atoms with Crippen molar-refractivity contribution in [2.24, 2.45) is 5.92 Å². The van der Waals surface area contributed by atoms with Gasteiger partial charge in [0.15, 0.2) is 11.5 Å². The van der Waals surface area contributed by atoms with Crippen LogP contribution in [-0.2, 0) is 9.53 Å². The van der Waals surface area contributed by atoms with Crippen LogP contribution in [0.5, 0.6) is 17.2 Å². The lowest BCUT2D eigenvalue weighted by Gasteiger charge is -2.36. The zero-order valence-electron chi connectivity index (χ0n) is 28.2. The Bertz CT molecular complexity index is 1460. The van der Waals surface area contributed by atoms with E-state index < -0.39 is 54.9 Å². The molecule has 0 spiro atoms. The average molecular weight is 695 g/mol. The number of hydrogen-bond acceptors (Lipinski definition) is 8. The highest BCUT2D eigenvalue weighted by Gasteiger charge is 2.32. The number of benzene rings is 2. The first-order valence-electron chi connectivity index (χ1n) is 16.4. The predicted octanol–water partition coefficient (Wildman–Crippen LogP) is 5.66. The lowest BCUT2D eigenvalue weighted by Crippen LogP contribution is -2.48. The van der Waals surface area contributed by atoms with Crippen molar-refractivity contribution in [2.45, 2.75) is 77.3 Å². The molecule has 2 aromatic rings. The number of carbonyl (C=O) groups is 3. The number of urea groups is 1. The number of anilines is 2. The van der Waals surface area contributed by atoms with Crippen LogP contribution in [0.1, 0.15) is 63.2 Å². The largest absolute Gasteiger partial charge is 0.490 e. The lowest BCUT2D eigenvalue weighted by molar-refractivity contribution is -0.149. The topological polar surface area (TPSA) is 139 Å². The fourth-order valence-electron chi connectivity index (χ4n) is 5.54. The zero-order chi connectivity index (χ0) is 35.7. The van der Waals surface area contributed by atoms with Gasteiger partial charge >= 0.3 is 12.2 Å². The third kappa shape index (κ3) is 10.9. The van der Waals surface area contributed by atoms with Gasteiger partial charge in [-0.15, -0.1) is 0 Å². The van der Waals surface area contributed by atoms with E-state index in [1.54, 1.807) is 37.3 Å². The van der Waals surface area contributed by atoms with Crippen LogP contribution < -0.4 is 24.8 Å². The Hall–Kier alpha value is -4.24. The summed E-state index contributed by atoms with van der Waals surface area (Å²) >= 11 is 0. The number of halogens is 3. The van der Waals surface area contributed by atoms with Gasteiger partial charge in [0, 0.05) is 56.5 Å². The van der Waals surface area contributed by atoms with Crippen molar-refractivity contribution in [1.29, 1.82) is 0 Å². The van der Waals surface area contributed by atoms with Crippen LogP contribution in [0.25, 0.3) is 0 Å². The monoisotopic (exact) mass is 694 g/mol. The summed E-state index contributed by atoms with van der Waals surface area (Å²) in [6.07, 6.45) is -5.18. The molecule has 3 N–H and O–H groups in total. The van der Waals surface area contributed by atoms with E-state index in [0.29, 0.717) is 48.1 Å². The number of nitrogens with one attached hydrogen (secondary N) is 2. The molecule has 2 heterocycles. The van der Waals surface area contributed by atoms with E-state index in [0.717, 1.165) is 6.42 Å². The molecular formula is C34H45F3N4O8. The van der Waals surface area contributed by atoms with Gasteiger partial charge in [-0.05, 0) is 63.4 Å². The van der Waals surface area contributed by atoms with Gasteiger partial charge in [-0.3, -0.25) is 9.59 Å². The molecule has 2 aliphatic rings. The molecule has 0 fully saturated rings. The van der Waals surface area contributed by atoms with Crippen molar-refractivity contribution in [3.05, 3.63) is 42.0 Å². The highest BCUT2D eigenvalue weighted by molar-refractivity contribution is 6.02. The van der Waals surface area contributed by atoms with Crippen molar-refractivity contribution < 1.29 is 51.6 Å². The standard InChI is InChI=1S/C34H45F3N4O8/c1-21-17-41(22(2)19-42)32(44)26-15-24(38-33(45)39-25-9-11-28-29(16-25)48-20-47-28)8-10-27(26)49-23(3)7-5-6-14-46-30(21)18-40(4)31(43)12-13-34(35,36)37/h8-11,15-16,21-23,30,42H,5-7,12-14,17-20H2,1-4H3,(H2,38,39,45)/t21-,22-,23-,30+/m0/s1. The summed E-state index contributed by atoms with van der Waals surface area (Å²) < 4.78 is 61.3. The SMILES string of the molecule is C[C@H]1CCCCO[C@H](CN(C)C(=O)CCC(F)(F)F)[C@@H](C)CN([C@@H](C)CO)C(=O)c2cc(NC(=O)Nc3ccc4c(c3)OCO4)ccc2O1. The van der Waals surface area contributed by atoms with E-state index in [1.165, 1.54) is 22.9 Å². The molecule has 15 heteroatoms. The first-order valence-corrected chi connectivity index (χ1v) is 16.4. The van der Waals surface area contributed by atoms with E-state index in [9.17, 15) is 32.7 Å². The second kappa shape index (κ2) is 16.9. The van der Waals surface area contributed by atoms with E-state index in [-0.39, 0.29) is 38.2 Å². The van der Waals surface area contributed by atoms with Crippen molar-refractivity contribution in [2.75, 3.05) is 50.8 Å². The molecule has 270 valence electrons. The molecule has 0 radical (unpaired) electrons. The van der Waals surface area contributed by atoms with Crippen LogP contribution in [-0.4, -0.2) is 97.3 Å². The summed E-state index contributed by atoms with van der Waals surface area (Å²) in [5, 5.41) is 15.6. The number of nitrogens with zero attached hydrogens (tertiary/aromatic N) is 2. The second-order valence-electron chi connectivity index (χ2n) is 12.5. The molecule has 0 aromatic heterocycles. The van der Waals surface area contributed by atoms with Gasteiger partial charge in [0.1, 0.15) is 5.75 Å². The Labute approximate surface area is 283 Å². The quantitative estimate of drug-likeness (QED) is 0.322. The number of ether oxygens (including phenoxy) is 4. The number of aliphatic hydroxyl groups excluding tert-OH is 1. The number of alkyl halides is 3. The molecule has 2 aliphatic heterocycles. The number of aliphatic hydroxyl groups is 1. The summed E-state index contributed by atoms with van der Waals surface area (Å²) in [6, 6.07) is 8.51. The van der Waals surface area contributed by atoms with Crippen LogP contribution in [0, 0.1) is 5.92 Å². The maximum absolute atomic E-state index is 14.3. The fourth-order valence-corrected chi connectivity index (χ4v) is 5.54. The summed E-state index contributed by atoms with van der Waals surface area (Å²) in [6.45, 7) is 5.58. The van der Waals surface area contributed by atoms with Crippen molar-refractivity contribution in [3.8, 4) is 17.2 Å². The van der Waals surface area contributed by atoms with Crippen LogP contribution in [0.2, 0.25) is 0 Å². The zero-order valence-corrected chi connectivity index (χ0v) is 28.2. The molecule has 49 heavy (non-hydrogen) atoms. The molecule has 4 amide bonds. The van der Waals surface area contributed by atoms with Crippen LogP contribution in [0.3, 0.4) is 0 Å². The number of carbonyl (C=O) groups excluding carboxylic acids is 3. The Morgan fingerprint density at radius 2 is 1.71 bits per heavy atom. The van der Waals surface area contributed by atoms with Gasteiger partial charge in [0.2, 0.25) is 12.7 Å². The number of rotatable bonds is 8. The molecule has 0 saturated carbocycles. The molecule has 2 aromatic carbocycles. The third-order valence-electron chi connectivity index (χ3n) is 8.44. The number of fused-ring (bicyclic) bond motifs is 2. The number of hydrogen-bond donors (Lipinski definition) is 3. The van der Waals surface area contributed by atoms with Crippen LogP contribution in [0.15, 0.2) is 36.4 Å². The van der Waals surface area contributed by atoms with Crippen LogP contribution in [0.4, 0.5) is 29.3 Å². The lowest BCUT2D eigenvalue weighted by atomic mass is 10.0. The molecule has 4 rings (SSSR count). The number of amides is 4. The van der Waals surface area contributed by atoms with Gasteiger partial charge in [0.25, 0.3) is 5.91 Å². The minimum Gasteiger partial charge on any atom is -0.490 e. The minimum absolute atomic E-state index is 0.0239. The van der Waals surface area contributed by atoms with Gasteiger partial charge in [-0.2, -0.15) is 13.2 Å². The van der Waals surface area contributed by atoms with Gasteiger partial charge in [0.05, 0.1) is 36.8 Å². The van der Waals surface area contributed by atoms with E-state index >= 15 is 0 Å². The van der Waals surface area contributed by atoms with Crippen molar-refractivity contribution in [1.82, 2.24) is 9.80 Å². The minimum atomic E-state index is -4.45.